The summed E-state index contributed by atoms with van der Waals surface area (Å²) < 4.78 is 0. The van der Waals surface area contributed by atoms with Gasteiger partial charge in [-0.25, -0.2) is 0 Å². The molecule has 0 spiro atoms. The maximum absolute atomic E-state index is 12.3. The van der Waals surface area contributed by atoms with E-state index >= 15 is 0 Å². The number of nitrogens with one attached hydrogen (secondary N) is 2. The molecule has 0 saturated heterocycles. The first kappa shape index (κ1) is 17.2. The third-order valence-corrected chi connectivity index (χ3v) is 4.44. The molecule has 0 unspecified atom stereocenters. The number of aromatic amines is 1. The van der Waals surface area contributed by atoms with Crippen molar-refractivity contribution < 1.29 is 4.79 Å². The monoisotopic (exact) mass is 354 g/mol. The van der Waals surface area contributed by atoms with Crippen molar-refractivity contribution in [2.45, 2.75) is 25.8 Å². The average Bonchev–Trinajstić information content (AvgIpc) is 2.57. The summed E-state index contributed by atoms with van der Waals surface area (Å²) in [5.41, 5.74) is 1.98. The van der Waals surface area contributed by atoms with Crippen LogP contribution in [-0.4, -0.2) is 16.9 Å². The Morgan fingerprint density at radius 1 is 1.12 bits per heavy atom. The van der Waals surface area contributed by atoms with Gasteiger partial charge < -0.3 is 10.3 Å². The number of amides is 1. The van der Waals surface area contributed by atoms with E-state index in [0.717, 1.165) is 16.5 Å². The number of benzene rings is 2. The topological polar surface area (TPSA) is 62.0 Å². The highest BCUT2D eigenvalue weighted by Gasteiger charge is 2.12. The van der Waals surface area contributed by atoms with Crippen LogP contribution in [0.1, 0.15) is 18.1 Å². The highest BCUT2D eigenvalue weighted by molar-refractivity contribution is 6.31. The predicted molar refractivity (Wildman–Crippen MR) is 101 cm³/mol. The largest absolute Gasteiger partial charge is 0.353 e. The molecule has 2 N–H and O–H groups in total. The normalized spacial score (nSPS) is 12.1. The summed E-state index contributed by atoms with van der Waals surface area (Å²) in [4.78, 5) is 27.2. The van der Waals surface area contributed by atoms with Gasteiger partial charge in [-0.2, -0.15) is 0 Å². The highest BCUT2D eigenvalue weighted by Crippen LogP contribution is 2.16. The Bertz CT molecular complexity index is 965. The van der Waals surface area contributed by atoms with Crippen LogP contribution in [0.2, 0.25) is 5.02 Å². The second kappa shape index (κ2) is 7.53. The number of para-hydroxylation sites is 1. The number of H-pyrrole nitrogens is 1. The quantitative estimate of drug-likeness (QED) is 0.737. The standard InChI is InChI=1S/C20H19ClN2O2/c1-13(10-14-6-2-4-8-17(14)21)22-19(24)12-16-11-15-7-3-5-9-18(15)23-20(16)25/h2-9,11,13H,10,12H2,1H3,(H,22,24)(H,23,25)/t13-/m1/s1. The number of fused-ring (bicyclic) bond motifs is 1. The number of halogens is 1. The maximum Gasteiger partial charge on any atom is 0.252 e. The van der Waals surface area contributed by atoms with E-state index in [4.69, 9.17) is 11.6 Å². The molecule has 0 radical (unpaired) electrons. The van der Waals surface area contributed by atoms with Crippen LogP contribution in [0.3, 0.4) is 0 Å². The van der Waals surface area contributed by atoms with E-state index in [0.29, 0.717) is 17.0 Å². The molecule has 0 aliphatic heterocycles. The van der Waals surface area contributed by atoms with Crippen molar-refractivity contribution in [1.82, 2.24) is 10.3 Å². The van der Waals surface area contributed by atoms with E-state index in [1.807, 2.05) is 55.5 Å². The van der Waals surface area contributed by atoms with Gasteiger partial charge >= 0.3 is 0 Å². The molecule has 4 nitrogen and oxygen atoms in total. The Morgan fingerprint density at radius 3 is 2.64 bits per heavy atom. The van der Waals surface area contributed by atoms with Crippen LogP contribution in [0.15, 0.2) is 59.4 Å². The van der Waals surface area contributed by atoms with Gasteiger partial charge in [0.2, 0.25) is 5.91 Å². The van der Waals surface area contributed by atoms with E-state index in [1.165, 1.54) is 0 Å². The lowest BCUT2D eigenvalue weighted by atomic mass is 10.1. The van der Waals surface area contributed by atoms with Crippen LogP contribution >= 0.6 is 11.6 Å². The van der Waals surface area contributed by atoms with Crippen molar-refractivity contribution in [3.05, 3.63) is 81.1 Å². The number of carbonyl (C=O) groups excluding carboxylic acids is 1. The van der Waals surface area contributed by atoms with Crippen molar-refractivity contribution in [2.75, 3.05) is 0 Å². The molecule has 0 saturated carbocycles. The summed E-state index contributed by atoms with van der Waals surface area (Å²) in [7, 11) is 0. The number of carbonyl (C=O) groups is 1. The molecule has 1 atom stereocenters. The third-order valence-electron chi connectivity index (χ3n) is 4.07. The van der Waals surface area contributed by atoms with Crippen LogP contribution in [0.4, 0.5) is 0 Å². The van der Waals surface area contributed by atoms with Gasteiger partial charge in [0.15, 0.2) is 0 Å². The molecule has 128 valence electrons. The van der Waals surface area contributed by atoms with Crippen LogP contribution in [0.25, 0.3) is 10.9 Å². The summed E-state index contributed by atoms with van der Waals surface area (Å²) in [6.45, 7) is 1.92. The van der Waals surface area contributed by atoms with E-state index in [-0.39, 0.29) is 23.9 Å². The fourth-order valence-electron chi connectivity index (χ4n) is 2.87. The Morgan fingerprint density at radius 2 is 1.84 bits per heavy atom. The van der Waals surface area contributed by atoms with Gasteiger partial charge in [0.05, 0.1) is 6.42 Å². The van der Waals surface area contributed by atoms with E-state index < -0.39 is 0 Å². The highest BCUT2D eigenvalue weighted by atomic mass is 35.5. The van der Waals surface area contributed by atoms with Gasteiger partial charge in [0, 0.05) is 22.1 Å². The molecule has 25 heavy (non-hydrogen) atoms. The van der Waals surface area contributed by atoms with Gasteiger partial charge in [-0.15, -0.1) is 0 Å². The number of hydrogen-bond donors (Lipinski definition) is 2. The lowest BCUT2D eigenvalue weighted by Gasteiger charge is -2.15. The first-order valence-electron chi connectivity index (χ1n) is 8.16. The molecular formula is C20H19ClN2O2. The van der Waals surface area contributed by atoms with Gasteiger partial charge in [-0.05, 0) is 42.5 Å². The molecule has 0 bridgehead atoms. The maximum atomic E-state index is 12.3. The lowest BCUT2D eigenvalue weighted by Crippen LogP contribution is -2.36. The molecule has 1 amide bonds. The zero-order valence-corrected chi connectivity index (χ0v) is 14.6. The molecule has 5 heteroatoms. The molecule has 1 heterocycles. The number of hydrogen-bond acceptors (Lipinski definition) is 2. The van der Waals surface area contributed by atoms with Gasteiger partial charge in [-0.3, -0.25) is 9.59 Å². The second-order valence-electron chi connectivity index (χ2n) is 6.15. The van der Waals surface area contributed by atoms with Crippen LogP contribution in [0, 0.1) is 0 Å². The third kappa shape index (κ3) is 4.28. The summed E-state index contributed by atoms with van der Waals surface area (Å²) in [5.74, 6) is -0.180. The van der Waals surface area contributed by atoms with E-state index in [2.05, 4.69) is 10.3 Å². The molecule has 3 aromatic rings. The Kier molecular flexibility index (Phi) is 5.19. The van der Waals surface area contributed by atoms with Crippen molar-refractivity contribution in [3.63, 3.8) is 0 Å². The second-order valence-corrected chi connectivity index (χ2v) is 6.56. The summed E-state index contributed by atoms with van der Waals surface area (Å²) in [5, 5.41) is 4.53. The minimum atomic E-state index is -0.229. The minimum Gasteiger partial charge on any atom is -0.353 e. The molecule has 1 aromatic heterocycles. The van der Waals surface area contributed by atoms with E-state index in [1.54, 1.807) is 6.07 Å². The van der Waals surface area contributed by atoms with Gasteiger partial charge in [0.25, 0.3) is 5.56 Å². The fraction of sp³-hybridized carbons (Fsp3) is 0.200. The Balaban J connectivity index is 1.67. The van der Waals surface area contributed by atoms with Crippen molar-refractivity contribution in [2.24, 2.45) is 0 Å². The molecular weight excluding hydrogens is 336 g/mol. The zero-order valence-electron chi connectivity index (χ0n) is 13.9. The average molecular weight is 355 g/mol. The zero-order chi connectivity index (χ0) is 17.8. The predicted octanol–water partition coefficient (Wildman–Crippen LogP) is 3.47. The molecule has 0 fully saturated rings. The first-order chi connectivity index (χ1) is 12.0. The summed E-state index contributed by atoms with van der Waals surface area (Å²) >= 11 is 6.15. The number of pyridine rings is 1. The van der Waals surface area contributed by atoms with Crippen LogP contribution in [0.5, 0.6) is 0 Å². The number of rotatable bonds is 5. The molecule has 0 aliphatic carbocycles. The van der Waals surface area contributed by atoms with Crippen molar-refractivity contribution in [3.8, 4) is 0 Å². The Labute approximate surface area is 150 Å². The van der Waals surface area contributed by atoms with Gasteiger partial charge in [0.1, 0.15) is 0 Å². The van der Waals surface area contributed by atoms with Gasteiger partial charge in [-0.1, -0.05) is 48.0 Å². The SMILES string of the molecule is C[C@H](Cc1ccccc1Cl)NC(=O)Cc1cc2ccccc2[nH]c1=O. The van der Waals surface area contributed by atoms with Crippen LogP contribution in [-0.2, 0) is 17.6 Å². The molecule has 0 aliphatic rings. The van der Waals surface area contributed by atoms with E-state index in [9.17, 15) is 9.59 Å². The number of aromatic nitrogens is 1. The van der Waals surface area contributed by atoms with Crippen LogP contribution < -0.4 is 10.9 Å². The molecule has 3 rings (SSSR count). The minimum absolute atomic E-state index is 0.0486. The fourth-order valence-corrected chi connectivity index (χ4v) is 3.08. The summed E-state index contributed by atoms with van der Waals surface area (Å²) in [6.07, 6.45) is 0.687. The lowest BCUT2D eigenvalue weighted by molar-refractivity contribution is -0.121. The Hall–Kier alpha value is -2.59. The van der Waals surface area contributed by atoms with Crippen molar-refractivity contribution in [1.29, 1.82) is 0 Å². The molecule has 2 aromatic carbocycles. The smallest absolute Gasteiger partial charge is 0.252 e. The summed E-state index contributed by atoms with van der Waals surface area (Å²) in [6, 6.07) is 16.8. The first-order valence-corrected chi connectivity index (χ1v) is 8.54. The van der Waals surface area contributed by atoms with Crippen molar-refractivity contribution >= 4 is 28.4 Å².